The molecule has 0 fully saturated rings. The van der Waals surface area contributed by atoms with Crippen LogP contribution < -0.4 is 9.47 Å². The highest BCUT2D eigenvalue weighted by atomic mass is 16.5. The zero-order valence-corrected chi connectivity index (χ0v) is 12.9. The summed E-state index contributed by atoms with van der Waals surface area (Å²) in [5.41, 5.74) is 1.71. The predicted molar refractivity (Wildman–Crippen MR) is 87.4 cm³/mol. The highest BCUT2D eigenvalue weighted by molar-refractivity contribution is 5.88. The van der Waals surface area contributed by atoms with E-state index in [-0.39, 0.29) is 11.5 Å². The number of pyridine rings is 1. The van der Waals surface area contributed by atoms with Gasteiger partial charge < -0.3 is 19.7 Å². The van der Waals surface area contributed by atoms with E-state index in [0.29, 0.717) is 17.9 Å². The molecule has 0 saturated carbocycles. The SMILES string of the molecule is COc1ccc(Cc2nccc3cc(OC)c(O)cc23)cc1O. The van der Waals surface area contributed by atoms with E-state index < -0.39 is 0 Å². The molecule has 23 heavy (non-hydrogen) atoms. The van der Waals surface area contributed by atoms with Crippen molar-refractivity contribution < 1.29 is 19.7 Å². The van der Waals surface area contributed by atoms with Crippen molar-refractivity contribution in [2.45, 2.75) is 6.42 Å². The molecule has 0 amide bonds. The number of hydrogen-bond acceptors (Lipinski definition) is 5. The third-order valence-electron chi connectivity index (χ3n) is 3.76. The van der Waals surface area contributed by atoms with Crippen molar-refractivity contribution in [2.75, 3.05) is 14.2 Å². The summed E-state index contributed by atoms with van der Waals surface area (Å²) in [6.45, 7) is 0. The van der Waals surface area contributed by atoms with E-state index in [1.165, 1.54) is 14.2 Å². The van der Waals surface area contributed by atoms with Crippen molar-refractivity contribution in [3.63, 3.8) is 0 Å². The molecule has 0 aliphatic rings. The first-order chi connectivity index (χ1) is 11.1. The normalized spacial score (nSPS) is 10.7. The van der Waals surface area contributed by atoms with Crippen LogP contribution in [0.25, 0.3) is 10.8 Å². The molecule has 3 rings (SSSR count). The van der Waals surface area contributed by atoms with Gasteiger partial charge in [0.2, 0.25) is 0 Å². The van der Waals surface area contributed by atoms with Crippen LogP contribution in [-0.2, 0) is 6.42 Å². The van der Waals surface area contributed by atoms with E-state index in [1.807, 2.05) is 12.1 Å². The lowest BCUT2D eigenvalue weighted by Crippen LogP contribution is -1.95. The van der Waals surface area contributed by atoms with Crippen LogP contribution >= 0.6 is 0 Å². The Labute approximate surface area is 133 Å². The molecular weight excluding hydrogens is 294 g/mol. The summed E-state index contributed by atoms with van der Waals surface area (Å²) < 4.78 is 10.2. The average molecular weight is 311 g/mol. The molecule has 2 N–H and O–H groups in total. The standard InChI is InChI=1S/C18H17NO4/c1-22-17-4-3-11(8-15(17)20)7-14-13-10-16(21)18(23-2)9-12(13)5-6-19-14/h3-6,8-10,20-21H,7H2,1-2H3. The topological polar surface area (TPSA) is 71.8 Å². The fourth-order valence-corrected chi connectivity index (χ4v) is 2.59. The van der Waals surface area contributed by atoms with Crippen LogP contribution in [0.1, 0.15) is 11.3 Å². The maximum Gasteiger partial charge on any atom is 0.161 e. The van der Waals surface area contributed by atoms with Gasteiger partial charge in [-0.1, -0.05) is 6.07 Å². The fraction of sp³-hybridized carbons (Fsp3) is 0.167. The molecule has 0 unspecified atom stereocenters. The van der Waals surface area contributed by atoms with E-state index in [9.17, 15) is 10.2 Å². The van der Waals surface area contributed by atoms with Crippen LogP contribution in [0, 0.1) is 0 Å². The Morgan fingerprint density at radius 3 is 2.35 bits per heavy atom. The molecule has 118 valence electrons. The molecule has 0 bridgehead atoms. The summed E-state index contributed by atoms with van der Waals surface area (Å²) in [6.07, 6.45) is 2.25. The van der Waals surface area contributed by atoms with E-state index in [4.69, 9.17) is 9.47 Å². The quantitative estimate of drug-likeness (QED) is 0.774. The molecule has 0 spiro atoms. The van der Waals surface area contributed by atoms with E-state index in [2.05, 4.69) is 4.98 Å². The van der Waals surface area contributed by atoms with E-state index in [1.54, 1.807) is 30.5 Å². The second kappa shape index (κ2) is 6.04. The Balaban J connectivity index is 2.03. The van der Waals surface area contributed by atoms with Crippen molar-refractivity contribution in [2.24, 2.45) is 0 Å². The largest absolute Gasteiger partial charge is 0.504 e. The van der Waals surface area contributed by atoms with Crippen LogP contribution in [0.15, 0.2) is 42.6 Å². The zero-order chi connectivity index (χ0) is 16.4. The molecular formula is C18H17NO4. The predicted octanol–water partition coefficient (Wildman–Crippen LogP) is 3.25. The van der Waals surface area contributed by atoms with Gasteiger partial charge in [0.15, 0.2) is 23.0 Å². The minimum atomic E-state index is 0.0758. The first-order valence-corrected chi connectivity index (χ1v) is 7.13. The van der Waals surface area contributed by atoms with Gasteiger partial charge in [0.1, 0.15) is 0 Å². The number of ether oxygens (including phenoxy) is 2. The van der Waals surface area contributed by atoms with Crippen molar-refractivity contribution in [3.8, 4) is 23.0 Å². The summed E-state index contributed by atoms with van der Waals surface area (Å²) >= 11 is 0. The lowest BCUT2D eigenvalue weighted by Gasteiger charge is -2.10. The second-order valence-corrected chi connectivity index (χ2v) is 5.19. The van der Waals surface area contributed by atoms with Crippen molar-refractivity contribution >= 4 is 10.8 Å². The summed E-state index contributed by atoms with van der Waals surface area (Å²) in [5, 5.41) is 21.7. The summed E-state index contributed by atoms with van der Waals surface area (Å²) in [5.74, 6) is 1.03. The van der Waals surface area contributed by atoms with E-state index >= 15 is 0 Å². The third-order valence-corrected chi connectivity index (χ3v) is 3.76. The van der Waals surface area contributed by atoms with Gasteiger partial charge in [-0.05, 0) is 41.3 Å². The highest BCUT2D eigenvalue weighted by Gasteiger charge is 2.10. The second-order valence-electron chi connectivity index (χ2n) is 5.19. The molecule has 1 heterocycles. The van der Waals surface area contributed by atoms with Gasteiger partial charge in [-0.2, -0.15) is 0 Å². The molecule has 0 aliphatic heterocycles. The third kappa shape index (κ3) is 2.85. The lowest BCUT2D eigenvalue weighted by molar-refractivity contribution is 0.373. The van der Waals surface area contributed by atoms with Crippen LogP contribution in [-0.4, -0.2) is 29.4 Å². The van der Waals surface area contributed by atoms with Crippen LogP contribution in [0.3, 0.4) is 0 Å². The molecule has 5 nitrogen and oxygen atoms in total. The van der Waals surface area contributed by atoms with Crippen molar-refractivity contribution in [3.05, 3.63) is 53.9 Å². The molecule has 3 aromatic rings. The first kappa shape index (κ1) is 15.0. The fourth-order valence-electron chi connectivity index (χ4n) is 2.59. The summed E-state index contributed by atoms with van der Waals surface area (Å²) in [4.78, 5) is 4.41. The molecule has 1 aromatic heterocycles. The first-order valence-electron chi connectivity index (χ1n) is 7.13. The van der Waals surface area contributed by atoms with Gasteiger partial charge in [-0.25, -0.2) is 0 Å². The molecule has 2 aromatic carbocycles. The number of nitrogens with zero attached hydrogens (tertiary/aromatic N) is 1. The molecule has 0 atom stereocenters. The Morgan fingerprint density at radius 1 is 0.913 bits per heavy atom. The number of fused-ring (bicyclic) bond motifs is 1. The van der Waals surface area contributed by atoms with Gasteiger partial charge >= 0.3 is 0 Å². The van der Waals surface area contributed by atoms with Gasteiger partial charge in [0.05, 0.1) is 19.9 Å². The highest BCUT2D eigenvalue weighted by Crippen LogP contribution is 2.33. The number of phenols is 2. The van der Waals surface area contributed by atoms with Crippen molar-refractivity contribution in [1.82, 2.24) is 4.98 Å². The maximum absolute atomic E-state index is 10.0. The number of hydrogen-bond donors (Lipinski definition) is 2. The Hall–Kier alpha value is -2.95. The number of benzene rings is 2. The Bertz CT molecular complexity index is 861. The monoisotopic (exact) mass is 311 g/mol. The number of methoxy groups -OCH3 is 2. The number of aromatic hydroxyl groups is 2. The minimum Gasteiger partial charge on any atom is -0.504 e. The van der Waals surface area contributed by atoms with Gasteiger partial charge in [0, 0.05) is 18.0 Å². The molecule has 0 saturated heterocycles. The lowest BCUT2D eigenvalue weighted by atomic mass is 10.0. The van der Waals surface area contributed by atoms with Crippen LogP contribution in [0.2, 0.25) is 0 Å². The van der Waals surface area contributed by atoms with Gasteiger partial charge in [-0.15, -0.1) is 0 Å². The maximum atomic E-state index is 10.0. The Morgan fingerprint density at radius 2 is 1.65 bits per heavy atom. The van der Waals surface area contributed by atoms with E-state index in [0.717, 1.165) is 22.0 Å². The average Bonchev–Trinajstić information content (AvgIpc) is 2.55. The van der Waals surface area contributed by atoms with Gasteiger partial charge in [-0.3, -0.25) is 4.98 Å². The summed E-state index contributed by atoms with van der Waals surface area (Å²) in [6, 6.07) is 10.6. The number of phenolic OH excluding ortho intramolecular Hbond substituents is 2. The molecule has 0 aliphatic carbocycles. The minimum absolute atomic E-state index is 0.0758. The van der Waals surface area contributed by atoms with Gasteiger partial charge in [0.25, 0.3) is 0 Å². The number of rotatable bonds is 4. The number of aromatic nitrogens is 1. The van der Waals surface area contributed by atoms with Crippen LogP contribution in [0.5, 0.6) is 23.0 Å². The summed E-state index contributed by atoms with van der Waals surface area (Å²) in [7, 11) is 3.03. The zero-order valence-electron chi connectivity index (χ0n) is 12.9. The smallest absolute Gasteiger partial charge is 0.161 e. The molecule has 5 heteroatoms. The molecule has 0 radical (unpaired) electrons. The Kier molecular flexibility index (Phi) is 3.93. The van der Waals surface area contributed by atoms with Crippen LogP contribution in [0.4, 0.5) is 0 Å². The van der Waals surface area contributed by atoms with Crippen molar-refractivity contribution in [1.29, 1.82) is 0 Å².